The van der Waals surface area contributed by atoms with Crippen LogP contribution < -0.4 is 4.74 Å². The molecule has 1 saturated heterocycles. The molecule has 2 fully saturated rings. The minimum Gasteiger partial charge on any atom is -0.462 e. The van der Waals surface area contributed by atoms with E-state index in [1.54, 1.807) is 0 Å². The summed E-state index contributed by atoms with van der Waals surface area (Å²) in [6.45, 7) is 0.712. The monoisotopic (exact) mass is 371 g/mol. The second-order valence-corrected chi connectivity index (χ2v) is 8.06. The van der Waals surface area contributed by atoms with Crippen LogP contribution in [-0.4, -0.2) is 23.5 Å². The van der Waals surface area contributed by atoms with E-state index >= 15 is 0 Å². The first kappa shape index (κ1) is 16.4. The average molecular weight is 372 g/mol. The Kier molecular flexibility index (Phi) is 3.87. The number of hydrogen-bond donors (Lipinski definition) is 0. The summed E-state index contributed by atoms with van der Waals surface area (Å²) in [5.41, 5.74) is 1.42. The van der Waals surface area contributed by atoms with Gasteiger partial charge in [-0.05, 0) is 68.5 Å². The maximum atomic E-state index is 6.00. The van der Waals surface area contributed by atoms with E-state index in [0.29, 0.717) is 6.61 Å². The van der Waals surface area contributed by atoms with Gasteiger partial charge in [-0.3, -0.25) is 0 Å². The van der Waals surface area contributed by atoms with Crippen LogP contribution in [-0.2, 0) is 9.57 Å². The summed E-state index contributed by atoms with van der Waals surface area (Å²) in [5, 5.41) is 5.34. The molecule has 1 aromatic carbocycles. The number of fused-ring (bicyclic) bond motifs is 1. The number of hydrogen-bond acceptors (Lipinski definition) is 4. The smallest absolute Gasteiger partial charge is 0.179 e. The molecule has 0 amide bonds. The van der Waals surface area contributed by atoms with Crippen molar-refractivity contribution in [1.29, 1.82) is 0 Å². The third-order valence-electron chi connectivity index (χ3n) is 5.96. The van der Waals surface area contributed by atoms with Gasteiger partial charge in [0.1, 0.15) is 17.2 Å². The van der Waals surface area contributed by atoms with Crippen LogP contribution in [0.5, 0.6) is 5.75 Å². The number of halogens is 1. The van der Waals surface area contributed by atoms with Gasteiger partial charge in [-0.25, -0.2) is 0 Å². The fourth-order valence-electron chi connectivity index (χ4n) is 4.38. The van der Waals surface area contributed by atoms with Crippen molar-refractivity contribution in [2.45, 2.75) is 56.1 Å². The highest BCUT2D eigenvalue weighted by atomic mass is 35.5. The molecule has 5 rings (SSSR count). The molecule has 136 valence electrons. The molecular weight excluding hydrogens is 350 g/mol. The van der Waals surface area contributed by atoms with Gasteiger partial charge in [0, 0.05) is 17.0 Å². The fourth-order valence-corrected chi connectivity index (χ4v) is 4.54. The Morgan fingerprint density at radius 2 is 1.77 bits per heavy atom. The quantitative estimate of drug-likeness (QED) is 0.696. The normalized spacial score (nSPS) is 29.0. The minimum absolute atomic E-state index is 0.242. The SMILES string of the molecule is ClC1=CC=C(Oc2ccc(C3=NOC4(CCCCC4)C34CO4)cc2)CC1. The van der Waals surface area contributed by atoms with Crippen molar-refractivity contribution in [1.82, 2.24) is 0 Å². The third kappa shape index (κ3) is 2.58. The summed E-state index contributed by atoms with van der Waals surface area (Å²) in [5.74, 6) is 1.76. The van der Waals surface area contributed by atoms with Gasteiger partial charge >= 0.3 is 0 Å². The third-order valence-corrected chi connectivity index (χ3v) is 6.28. The molecule has 4 nitrogen and oxygen atoms in total. The van der Waals surface area contributed by atoms with Gasteiger partial charge in [0.2, 0.25) is 0 Å². The molecule has 5 heteroatoms. The predicted octanol–water partition coefficient (Wildman–Crippen LogP) is 5.07. The molecule has 2 heterocycles. The summed E-state index contributed by atoms with van der Waals surface area (Å²) < 4.78 is 11.9. The Morgan fingerprint density at radius 1 is 1.00 bits per heavy atom. The zero-order chi connectivity index (χ0) is 17.6. The van der Waals surface area contributed by atoms with Crippen LogP contribution in [0.4, 0.5) is 0 Å². The molecule has 0 radical (unpaired) electrons. The first-order valence-electron chi connectivity index (χ1n) is 9.45. The lowest BCUT2D eigenvalue weighted by molar-refractivity contribution is -0.0788. The number of oxime groups is 1. The lowest BCUT2D eigenvalue weighted by atomic mass is 9.73. The Morgan fingerprint density at radius 3 is 2.42 bits per heavy atom. The Balaban J connectivity index is 1.34. The van der Waals surface area contributed by atoms with Crippen molar-refractivity contribution in [2.75, 3.05) is 6.61 Å². The first-order chi connectivity index (χ1) is 12.7. The van der Waals surface area contributed by atoms with Crippen LogP contribution in [0.15, 0.2) is 52.4 Å². The van der Waals surface area contributed by atoms with E-state index in [9.17, 15) is 0 Å². The Hall–Kier alpha value is -1.78. The van der Waals surface area contributed by atoms with Gasteiger partial charge < -0.3 is 14.3 Å². The maximum Gasteiger partial charge on any atom is 0.179 e. The van der Waals surface area contributed by atoms with Crippen LogP contribution >= 0.6 is 11.6 Å². The minimum atomic E-state index is -0.330. The number of nitrogens with zero attached hydrogens (tertiary/aromatic N) is 1. The van der Waals surface area contributed by atoms with Crippen LogP contribution in [0, 0.1) is 0 Å². The molecule has 1 aromatic rings. The molecule has 0 aromatic heterocycles. The van der Waals surface area contributed by atoms with E-state index in [-0.39, 0.29) is 11.2 Å². The number of ether oxygens (including phenoxy) is 2. The highest BCUT2D eigenvalue weighted by molar-refractivity contribution is 6.29. The summed E-state index contributed by atoms with van der Waals surface area (Å²) in [6.07, 6.45) is 11.2. The largest absolute Gasteiger partial charge is 0.462 e. The van der Waals surface area contributed by atoms with Gasteiger partial charge in [0.15, 0.2) is 11.2 Å². The van der Waals surface area contributed by atoms with Crippen molar-refractivity contribution in [2.24, 2.45) is 5.16 Å². The van der Waals surface area contributed by atoms with E-state index in [1.165, 1.54) is 19.3 Å². The van der Waals surface area contributed by atoms with Crippen molar-refractivity contribution < 1.29 is 14.3 Å². The molecule has 2 spiro atoms. The first-order valence-corrected chi connectivity index (χ1v) is 9.83. The average Bonchev–Trinajstić information content (AvgIpc) is 3.42. The molecule has 2 aliphatic heterocycles. The molecular formula is C21H22ClNO3. The lowest BCUT2D eigenvalue weighted by Crippen LogP contribution is -2.48. The Labute approximate surface area is 158 Å². The maximum absolute atomic E-state index is 6.00. The van der Waals surface area contributed by atoms with E-state index < -0.39 is 0 Å². The fraction of sp³-hybridized carbons (Fsp3) is 0.476. The van der Waals surface area contributed by atoms with Crippen molar-refractivity contribution in [3.05, 3.63) is 52.8 Å². The summed E-state index contributed by atoms with van der Waals surface area (Å²) in [7, 11) is 0. The van der Waals surface area contributed by atoms with Gasteiger partial charge in [0.25, 0.3) is 0 Å². The van der Waals surface area contributed by atoms with Crippen molar-refractivity contribution in [3.63, 3.8) is 0 Å². The highest BCUT2D eigenvalue weighted by Crippen LogP contribution is 2.54. The predicted molar refractivity (Wildman–Crippen MR) is 100 cm³/mol. The van der Waals surface area contributed by atoms with E-state index in [1.807, 2.05) is 24.3 Å². The number of epoxide rings is 1. The van der Waals surface area contributed by atoms with Crippen molar-refractivity contribution in [3.8, 4) is 5.75 Å². The molecule has 1 saturated carbocycles. The van der Waals surface area contributed by atoms with Gasteiger partial charge in [0.05, 0.1) is 6.61 Å². The zero-order valence-electron chi connectivity index (χ0n) is 14.7. The molecule has 1 atom stereocenters. The molecule has 1 unspecified atom stereocenters. The summed E-state index contributed by atoms with van der Waals surface area (Å²) in [4.78, 5) is 5.99. The molecule has 4 aliphatic rings. The van der Waals surface area contributed by atoms with Crippen molar-refractivity contribution >= 4 is 17.3 Å². The van der Waals surface area contributed by atoms with Crippen LogP contribution in [0.1, 0.15) is 50.5 Å². The second kappa shape index (κ2) is 6.14. The molecule has 0 N–H and O–H groups in total. The zero-order valence-corrected chi connectivity index (χ0v) is 15.4. The van der Waals surface area contributed by atoms with Gasteiger partial charge in [-0.2, -0.15) is 0 Å². The second-order valence-electron chi connectivity index (χ2n) is 7.57. The van der Waals surface area contributed by atoms with E-state index in [2.05, 4.69) is 17.3 Å². The Bertz CT molecular complexity index is 799. The van der Waals surface area contributed by atoms with Crippen LogP contribution in [0.3, 0.4) is 0 Å². The highest BCUT2D eigenvalue weighted by Gasteiger charge is 2.70. The van der Waals surface area contributed by atoms with Crippen LogP contribution in [0.25, 0.3) is 0 Å². The van der Waals surface area contributed by atoms with Crippen LogP contribution in [0.2, 0.25) is 0 Å². The summed E-state index contributed by atoms with van der Waals surface area (Å²) >= 11 is 6.00. The number of benzene rings is 1. The molecule has 0 bridgehead atoms. The number of allylic oxidation sites excluding steroid dienone is 4. The van der Waals surface area contributed by atoms with Gasteiger partial charge in [-0.15, -0.1) is 0 Å². The number of rotatable bonds is 3. The molecule has 2 aliphatic carbocycles. The molecule has 26 heavy (non-hydrogen) atoms. The standard InChI is InChI=1S/C21H22ClNO3/c22-16-6-10-18(11-7-16)25-17-8-4-15(5-9-17)19-21(14-24-21)20(26-23-19)12-2-1-3-13-20/h4-6,8-10H,1-3,7,11-14H2. The van der Waals surface area contributed by atoms with E-state index in [0.717, 1.165) is 53.5 Å². The van der Waals surface area contributed by atoms with E-state index in [4.69, 9.17) is 25.9 Å². The topological polar surface area (TPSA) is 43.4 Å². The lowest BCUT2D eigenvalue weighted by Gasteiger charge is -2.34. The summed E-state index contributed by atoms with van der Waals surface area (Å²) in [6, 6.07) is 8.07. The van der Waals surface area contributed by atoms with Gasteiger partial charge in [-0.1, -0.05) is 23.2 Å².